The average Bonchev–Trinajstić information content (AvgIpc) is 2.56. The van der Waals surface area contributed by atoms with Crippen LogP contribution in [0.2, 0.25) is 5.02 Å². The number of hydrogen-bond acceptors (Lipinski definition) is 2. The van der Waals surface area contributed by atoms with Gasteiger partial charge in [0.05, 0.1) is 0 Å². The molecule has 0 aromatic heterocycles. The molecule has 1 aromatic rings. The molecule has 0 radical (unpaired) electrons. The summed E-state index contributed by atoms with van der Waals surface area (Å²) in [6.07, 6.45) is 1.04. The van der Waals surface area contributed by atoms with Gasteiger partial charge in [-0.15, -0.1) is 0 Å². The van der Waals surface area contributed by atoms with Crippen molar-refractivity contribution in [3.63, 3.8) is 0 Å². The van der Waals surface area contributed by atoms with Crippen molar-refractivity contribution in [3.8, 4) is 0 Å². The summed E-state index contributed by atoms with van der Waals surface area (Å²) in [4.78, 5) is 14.1. The predicted molar refractivity (Wildman–Crippen MR) is 70.2 cm³/mol. The summed E-state index contributed by atoms with van der Waals surface area (Å²) in [5.41, 5.74) is 7.01. The third-order valence-electron chi connectivity index (χ3n) is 3.13. The lowest BCUT2D eigenvalue weighted by Gasteiger charge is -2.20. The Labute approximate surface area is 107 Å². The average molecular weight is 253 g/mol. The highest BCUT2D eigenvalue weighted by Gasteiger charge is 2.32. The minimum Gasteiger partial charge on any atom is -0.399 e. The number of nitrogen functional groups attached to an aromatic ring is 1. The first-order valence-corrected chi connectivity index (χ1v) is 6.10. The largest absolute Gasteiger partial charge is 0.399 e. The van der Waals surface area contributed by atoms with E-state index in [-0.39, 0.29) is 11.3 Å². The zero-order valence-electron chi connectivity index (χ0n) is 10.2. The lowest BCUT2D eigenvalue weighted by molar-refractivity contribution is 0.0778. The number of carbonyl (C=O) groups excluding carboxylic acids is 1. The molecule has 0 aliphatic carbocycles. The third kappa shape index (κ3) is 2.72. The quantitative estimate of drug-likeness (QED) is 0.782. The van der Waals surface area contributed by atoms with Crippen LogP contribution in [0.15, 0.2) is 18.2 Å². The van der Waals surface area contributed by atoms with E-state index in [0.717, 1.165) is 19.5 Å². The first kappa shape index (κ1) is 12.2. The van der Waals surface area contributed by atoms with Crippen molar-refractivity contribution in [2.75, 3.05) is 18.8 Å². The van der Waals surface area contributed by atoms with Gasteiger partial charge in [0.1, 0.15) is 0 Å². The van der Waals surface area contributed by atoms with Gasteiger partial charge in [0.25, 0.3) is 5.91 Å². The molecule has 4 heteroatoms. The molecule has 0 bridgehead atoms. The maximum atomic E-state index is 12.3. The molecule has 1 fully saturated rings. The van der Waals surface area contributed by atoms with Gasteiger partial charge in [-0.2, -0.15) is 0 Å². The molecule has 92 valence electrons. The van der Waals surface area contributed by atoms with E-state index in [4.69, 9.17) is 17.3 Å². The topological polar surface area (TPSA) is 46.3 Å². The van der Waals surface area contributed by atoms with Crippen molar-refractivity contribution in [2.45, 2.75) is 20.3 Å². The van der Waals surface area contributed by atoms with E-state index in [1.807, 2.05) is 4.90 Å². The van der Waals surface area contributed by atoms with Gasteiger partial charge >= 0.3 is 0 Å². The summed E-state index contributed by atoms with van der Waals surface area (Å²) in [7, 11) is 0. The summed E-state index contributed by atoms with van der Waals surface area (Å²) < 4.78 is 0. The Hall–Kier alpha value is -1.22. The number of hydrogen-bond donors (Lipinski definition) is 1. The Morgan fingerprint density at radius 2 is 2.12 bits per heavy atom. The van der Waals surface area contributed by atoms with Crippen LogP contribution in [0.5, 0.6) is 0 Å². The summed E-state index contributed by atoms with van der Waals surface area (Å²) in [6, 6.07) is 5.00. The Morgan fingerprint density at radius 1 is 1.41 bits per heavy atom. The van der Waals surface area contributed by atoms with Gasteiger partial charge in [0.15, 0.2) is 0 Å². The van der Waals surface area contributed by atoms with E-state index in [1.165, 1.54) is 0 Å². The first-order chi connectivity index (χ1) is 7.87. The molecule has 1 aliphatic heterocycles. The molecule has 1 heterocycles. The minimum atomic E-state index is 0.0183. The van der Waals surface area contributed by atoms with Crippen molar-refractivity contribution in [1.82, 2.24) is 4.90 Å². The standard InChI is InChI=1S/C13H17ClN2O/c1-13(2)3-4-16(8-13)12(17)9-5-10(14)7-11(15)6-9/h5-7H,3-4,8,15H2,1-2H3. The second kappa shape index (κ2) is 4.22. The maximum Gasteiger partial charge on any atom is 0.253 e. The highest BCUT2D eigenvalue weighted by atomic mass is 35.5. The van der Waals surface area contributed by atoms with Crippen LogP contribution in [-0.4, -0.2) is 23.9 Å². The van der Waals surface area contributed by atoms with Crippen molar-refractivity contribution < 1.29 is 4.79 Å². The normalized spacial score (nSPS) is 18.4. The molecule has 0 spiro atoms. The van der Waals surface area contributed by atoms with E-state index in [0.29, 0.717) is 16.3 Å². The van der Waals surface area contributed by atoms with Gasteiger partial charge in [-0.3, -0.25) is 4.79 Å². The SMILES string of the molecule is CC1(C)CCN(C(=O)c2cc(N)cc(Cl)c2)C1. The number of benzene rings is 1. The Morgan fingerprint density at radius 3 is 2.65 bits per heavy atom. The highest BCUT2D eigenvalue weighted by molar-refractivity contribution is 6.31. The molecule has 1 aromatic carbocycles. The summed E-state index contributed by atoms with van der Waals surface area (Å²) in [5, 5.41) is 0.506. The van der Waals surface area contributed by atoms with Crippen LogP contribution in [-0.2, 0) is 0 Å². The van der Waals surface area contributed by atoms with Crippen LogP contribution in [0.25, 0.3) is 0 Å². The predicted octanol–water partition coefficient (Wildman–Crippen LogP) is 2.79. The fraction of sp³-hybridized carbons (Fsp3) is 0.462. The molecule has 0 unspecified atom stereocenters. The van der Waals surface area contributed by atoms with E-state index < -0.39 is 0 Å². The van der Waals surface area contributed by atoms with Crippen molar-refractivity contribution in [3.05, 3.63) is 28.8 Å². The molecule has 2 rings (SSSR count). The van der Waals surface area contributed by atoms with E-state index in [1.54, 1.807) is 18.2 Å². The number of rotatable bonds is 1. The first-order valence-electron chi connectivity index (χ1n) is 5.73. The Balaban J connectivity index is 2.20. The zero-order valence-corrected chi connectivity index (χ0v) is 10.9. The molecule has 0 atom stereocenters. The van der Waals surface area contributed by atoms with Crippen molar-refractivity contribution in [1.29, 1.82) is 0 Å². The molecular weight excluding hydrogens is 236 g/mol. The van der Waals surface area contributed by atoms with Crippen LogP contribution in [0, 0.1) is 5.41 Å². The number of nitrogens with two attached hydrogens (primary N) is 1. The van der Waals surface area contributed by atoms with Crippen LogP contribution >= 0.6 is 11.6 Å². The summed E-state index contributed by atoms with van der Waals surface area (Å²) in [5.74, 6) is 0.0183. The number of anilines is 1. The van der Waals surface area contributed by atoms with Crippen molar-refractivity contribution in [2.24, 2.45) is 5.41 Å². The van der Waals surface area contributed by atoms with E-state index >= 15 is 0 Å². The van der Waals surface area contributed by atoms with Crippen molar-refractivity contribution >= 4 is 23.2 Å². The molecule has 17 heavy (non-hydrogen) atoms. The van der Waals surface area contributed by atoms with Gasteiger partial charge in [-0.05, 0) is 30.0 Å². The van der Waals surface area contributed by atoms with Gasteiger partial charge in [-0.25, -0.2) is 0 Å². The van der Waals surface area contributed by atoms with Gasteiger partial charge < -0.3 is 10.6 Å². The number of nitrogens with zero attached hydrogens (tertiary/aromatic N) is 1. The number of carbonyl (C=O) groups is 1. The number of amides is 1. The van der Waals surface area contributed by atoms with Gasteiger partial charge in [0, 0.05) is 29.4 Å². The van der Waals surface area contributed by atoms with Gasteiger partial charge in [-0.1, -0.05) is 25.4 Å². The Bertz CT molecular complexity index is 436. The fourth-order valence-electron chi connectivity index (χ4n) is 2.20. The smallest absolute Gasteiger partial charge is 0.253 e. The molecular formula is C13H17ClN2O. The Kier molecular flexibility index (Phi) is 3.04. The molecule has 3 nitrogen and oxygen atoms in total. The molecule has 1 amide bonds. The molecule has 1 aliphatic rings. The molecule has 1 saturated heterocycles. The minimum absolute atomic E-state index is 0.0183. The highest BCUT2D eigenvalue weighted by Crippen LogP contribution is 2.30. The summed E-state index contributed by atoms with van der Waals surface area (Å²) >= 11 is 5.91. The molecule has 2 N–H and O–H groups in total. The summed E-state index contributed by atoms with van der Waals surface area (Å²) in [6.45, 7) is 5.94. The monoisotopic (exact) mass is 252 g/mol. The number of likely N-dealkylation sites (tertiary alicyclic amines) is 1. The van der Waals surface area contributed by atoms with E-state index in [2.05, 4.69) is 13.8 Å². The second-order valence-electron chi connectivity index (χ2n) is 5.41. The van der Waals surface area contributed by atoms with Crippen LogP contribution in [0.1, 0.15) is 30.6 Å². The number of halogens is 1. The van der Waals surface area contributed by atoms with Crippen LogP contribution < -0.4 is 5.73 Å². The van der Waals surface area contributed by atoms with E-state index in [9.17, 15) is 4.79 Å². The third-order valence-corrected chi connectivity index (χ3v) is 3.35. The van der Waals surface area contributed by atoms with Crippen LogP contribution in [0.4, 0.5) is 5.69 Å². The van der Waals surface area contributed by atoms with Crippen LogP contribution in [0.3, 0.4) is 0 Å². The lowest BCUT2D eigenvalue weighted by atomic mass is 9.93. The fourth-order valence-corrected chi connectivity index (χ4v) is 2.45. The second-order valence-corrected chi connectivity index (χ2v) is 5.85. The maximum absolute atomic E-state index is 12.3. The molecule has 0 saturated carbocycles. The van der Waals surface area contributed by atoms with Gasteiger partial charge in [0.2, 0.25) is 0 Å². The lowest BCUT2D eigenvalue weighted by Crippen LogP contribution is -2.30. The zero-order chi connectivity index (χ0) is 12.6.